The first-order valence-electron chi connectivity index (χ1n) is 10.1. The maximum atomic E-state index is 13.4. The predicted molar refractivity (Wildman–Crippen MR) is 121 cm³/mol. The van der Waals surface area contributed by atoms with Crippen LogP contribution in [-0.4, -0.2) is 37.8 Å². The lowest BCUT2D eigenvalue weighted by Crippen LogP contribution is -2.41. The Morgan fingerprint density at radius 1 is 1.03 bits per heavy atom. The number of halogens is 3. The summed E-state index contributed by atoms with van der Waals surface area (Å²) in [6.07, 6.45) is -0.591. The molecule has 0 bridgehead atoms. The Morgan fingerprint density at radius 2 is 1.66 bits per heavy atom. The predicted octanol–water partition coefficient (Wildman–Crippen LogP) is 5.17. The standard InChI is InChI=1S/C22H27BF3NO4S/c1-21(2)22(3,4)31-23(30-21)15-8-11-17(27-32-20(25)26)18(12-15)29-19(13-28-5)14-6-9-16(24)10-7-14/h6-12,19-20,27H,13H2,1-5H3. The molecular formula is C22H27BF3NO4S. The highest BCUT2D eigenvalue weighted by atomic mass is 32.2. The Morgan fingerprint density at radius 3 is 2.22 bits per heavy atom. The molecule has 1 heterocycles. The van der Waals surface area contributed by atoms with Gasteiger partial charge in [0.25, 0.3) is 0 Å². The van der Waals surface area contributed by atoms with Crippen molar-refractivity contribution in [3.8, 4) is 5.75 Å². The number of rotatable bonds is 9. The maximum Gasteiger partial charge on any atom is 0.494 e. The molecule has 2 aromatic carbocycles. The van der Waals surface area contributed by atoms with E-state index in [4.69, 9.17) is 18.8 Å². The zero-order chi connectivity index (χ0) is 23.5. The zero-order valence-electron chi connectivity index (χ0n) is 18.7. The summed E-state index contributed by atoms with van der Waals surface area (Å²) in [5, 5.41) is 0. The number of anilines is 1. The first-order valence-corrected chi connectivity index (χ1v) is 11.0. The van der Waals surface area contributed by atoms with Crippen LogP contribution in [0.15, 0.2) is 42.5 Å². The van der Waals surface area contributed by atoms with Crippen LogP contribution in [0, 0.1) is 5.82 Å². The fourth-order valence-electron chi connectivity index (χ4n) is 3.13. The summed E-state index contributed by atoms with van der Waals surface area (Å²) >= 11 is 0.268. The van der Waals surface area contributed by atoms with Crippen molar-refractivity contribution in [2.45, 2.75) is 50.8 Å². The third-order valence-corrected chi connectivity index (χ3v) is 6.13. The number of hydrogen-bond donors (Lipinski definition) is 1. The Balaban J connectivity index is 1.93. The minimum absolute atomic E-state index is 0.174. The van der Waals surface area contributed by atoms with Gasteiger partial charge in [0.05, 0.1) is 23.5 Å². The molecule has 0 amide bonds. The maximum absolute atomic E-state index is 13.4. The largest absolute Gasteiger partial charge is 0.494 e. The van der Waals surface area contributed by atoms with E-state index in [0.717, 1.165) is 0 Å². The van der Waals surface area contributed by atoms with E-state index in [-0.39, 0.29) is 24.4 Å². The second kappa shape index (κ2) is 9.95. The van der Waals surface area contributed by atoms with Gasteiger partial charge in [-0.25, -0.2) is 4.39 Å². The molecule has 2 aromatic rings. The lowest BCUT2D eigenvalue weighted by molar-refractivity contribution is 0.00578. The fourth-order valence-corrected chi connectivity index (χ4v) is 3.52. The van der Waals surface area contributed by atoms with Gasteiger partial charge in [0.2, 0.25) is 0 Å². The Bertz CT molecular complexity index is 899. The van der Waals surface area contributed by atoms with Gasteiger partial charge in [-0.1, -0.05) is 18.2 Å². The average molecular weight is 469 g/mol. The fraction of sp³-hybridized carbons (Fsp3) is 0.455. The molecule has 1 aliphatic heterocycles. The van der Waals surface area contributed by atoms with Crippen LogP contribution in [0.4, 0.5) is 18.9 Å². The number of benzene rings is 2. The molecule has 10 heteroatoms. The van der Waals surface area contributed by atoms with Crippen LogP contribution in [0.5, 0.6) is 5.75 Å². The monoisotopic (exact) mass is 469 g/mol. The summed E-state index contributed by atoms with van der Waals surface area (Å²) in [5.74, 6) is -2.67. The van der Waals surface area contributed by atoms with Gasteiger partial charge in [0, 0.05) is 19.1 Å². The smallest absolute Gasteiger partial charge is 0.481 e. The third-order valence-electron chi connectivity index (χ3n) is 5.62. The van der Waals surface area contributed by atoms with E-state index in [0.29, 0.717) is 22.5 Å². The van der Waals surface area contributed by atoms with Crippen molar-refractivity contribution in [2.75, 3.05) is 18.4 Å². The lowest BCUT2D eigenvalue weighted by Gasteiger charge is -2.32. The van der Waals surface area contributed by atoms with E-state index < -0.39 is 30.2 Å². The van der Waals surface area contributed by atoms with Crippen LogP contribution in [-0.2, 0) is 14.0 Å². The summed E-state index contributed by atoms with van der Waals surface area (Å²) in [6.45, 7) is 7.96. The Labute approximate surface area is 191 Å². The summed E-state index contributed by atoms with van der Waals surface area (Å²) in [7, 11) is 0.873. The van der Waals surface area contributed by atoms with Crippen molar-refractivity contribution in [1.82, 2.24) is 0 Å². The molecule has 3 rings (SSSR count). The molecule has 0 radical (unpaired) electrons. The molecule has 0 spiro atoms. The zero-order valence-corrected chi connectivity index (χ0v) is 19.5. The first-order chi connectivity index (χ1) is 15.0. The van der Waals surface area contributed by atoms with E-state index in [9.17, 15) is 13.2 Å². The van der Waals surface area contributed by atoms with Crippen molar-refractivity contribution >= 4 is 30.2 Å². The van der Waals surface area contributed by atoms with Crippen LogP contribution < -0.4 is 14.9 Å². The van der Waals surface area contributed by atoms with Gasteiger partial charge < -0.3 is 23.5 Å². The van der Waals surface area contributed by atoms with Gasteiger partial charge in [-0.3, -0.25) is 0 Å². The number of hydrogen-bond acceptors (Lipinski definition) is 6. The molecule has 1 saturated heterocycles. The normalized spacial score (nSPS) is 18.1. The van der Waals surface area contributed by atoms with Crippen LogP contribution in [0.3, 0.4) is 0 Å². The van der Waals surface area contributed by atoms with Crippen molar-refractivity contribution in [1.29, 1.82) is 0 Å². The highest BCUT2D eigenvalue weighted by Gasteiger charge is 2.51. The number of alkyl halides is 2. The Hall–Kier alpha value is -1.88. The van der Waals surface area contributed by atoms with E-state index in [1.54, 1.807) is 30.3 Å². The van der Waals surface area contributed by atoms with Gasteiger partial charge in [-0.05, 0) is 63.0 Å². The van der Waals surface area contributed by atoms with Crippen LogP contribution in [0.25, 0.3) is 0 Å². The molecule has 0 aliphatic carbocycles. The van der Waals surface area contributed by atoms with Gasteiger partial charge >= 0.3 is 12.9 Å². The Kier molecular flexibility index (Phi) is 7.70. The van der Waals surface area contributed by atoms with Crippen LogP contribution in [0.1, 0.15) is 39.4 Å². The lowest BCUT2D eigenvalue weighted by atomic mass is 9.79. The molecule has 1 fully saturated rings. The second-order valence-corrected chi connectivity index (χ2v) is 9.23. The third kappa shape index (κ3) is 5.72. The molecule has 1 unspecified atom stereocenters. The summed E-state index contributed by atoms with van der Waals surface area (Å²) in [4.78, 5) is 0. The van der Waals surface area contributed by atoms with Gasteiger partial charge in [-0.2, -0.15) is 8.78 Å². The molecule has 0 aromatic heterocycles. The van der Waals surface area contributed by atoms with Gasteiger partial charge in [0.15, 0.2) is 0 Å². The molecule has 32 heavy (non-hydrogen) atoms. The molecular weight excluding hydrogens is 442 g/mol. The highest BCUT2D eigenvalue weighted by Crippen LogP contribution is 2.38. The average Bonchev–Trinajstić information content (AvgIpc) is 2.94. The summed E-state index contributed by atoms with van der Waals surface area (Å²) < 4.78 is 65.2. The quantitative estimate of drug-likeness (QED) is 0.404. The topological polar surface area (TPSA) is 49.0 Å². The summed E-state index contributed by atoms with van der Waals surface area (Å²) in [5.41, 5.74) is 0.656. The molecule has 1 aliphatic rings. The molecule has 0 saturated carbocycles. The van der Waals surface area contributed by atoms with E-state index in [2.05, 4.69) is 4.72 Å². The van der Waals surface area contributed by atoms with Crippen molar-refractivity contribution in [3.05, 3.63) is 53.8 Å². The van der Waals surface area contributed by atoms with Gasteiger partial charge in [-0.15, -0.1) is 0 Å². The van der Waals surface area contributed by atoms with Crippen molar-refractivity contribution < 1.29 is 32.0 Å². The highest BCUT2D eigenvalue weighted by molar-refractivity contribution is 8.00. The number of nitrogens with one attached hydrogen (secondary N) is 1. The second-order valence-electron chi connectivity index (χ2n) is 8.44. The minimum atomic E-state index is -2.61. The number of ether oxygens (including phenoxy) is 2. The SMILES string of the molecule is COCC(Oc1cc(B2OC(C)(C)C(C)(C)O2)ccc1NSC(F)F)c1ccc(F)cc1. The molecule has 5 nitrogen and oxygen atoms in total. The van der Waals surface area contributed by atoms with Crippen LogP contribution >= 0.6 is 11.9 Å². The van der Waals surface area contributed by atoms with Gasteiger partial charge in [0.1, 0.15) is 17.7 Å². The van der Waals surface area contributed by atoms with E-state index in [1.165, 1.54) is 19.2 Å². The molecule has 174 valence electrons. The molecule has 1 atom stereocenters. The van der Waals surface area contributed by atoms with E-state index in [1.807, 2.05) is 27.7 Å². The van der Waals surface area contributed by atoms with Crippen molar-refractivity contribution in [3.63, 3.8) is 0 Å². The first kappa shape index (κ1) is 24.8. The van der Waals surface area contributed by atoms with Crippen molar-refractivity contribution in [2.24, 2.45) is 0 Å². The number of methoxy groups -OCH3 is 1. The van der Waals surface area contributed by atoms with Crippen LogP contribution in [0.2, 0.25) is 0 Å². The molecule has 1 N–H and O–H groups in total. The van der Waals surface area contributed by atoms with E-state index >= 15 is 0 Å². The summed E-state index contributed by atoms with van der Waals surface area (Å²) in [6, 6.07) is 10.9. The minimum Gasteiger partial charge on any atom is -0.481 e.